The van der Waals surface area contributed by atoms with E-state index in [4.69, 9.17) is 9.84 Å². The lowest BCUT2D eigenvalue weighted by Gasteiger charge is -2.20. The molecule has 4 rings (SSSR count). The predicted octanol–water partition coefficient (Wildman–Crippen LogP) is 2.47. The summed E-state index contributed by atoms with van der Waals surface area (Å²) < 4.78 is 8.05. The molecule has 2 fully saturated rings. The zero-order chi connectivity index (χ0) is 13.7. The lowest BCUT2D eigenvalue weighted by Crippen LogP contribution is -2.21. The fourth-order valence-corrected chi connectivity index (χ4v) is 3.20. The quantitative estimate of drug-likeness (QED) is 0.932. The van der Waals surface area contributed by atoms with Gasteiger partial charge in [-0.25, -0.2) is 9.78 Å². The van der Waals surface area contributed by atoms with Crippen molar-refractivity contribution in [2.75, 3.05) is 6.61 Å². The van der Waals surface area contributed by atoms with Crippen LogP contribution < -0.4 is 0 Å². The van der Waals surface area contributed by atoms with Crippen molar-refractivity contribution in [2.45, 2.75) is 31.4 Å². The largest absolute Gasteiger partial charge is 0.478 e. The molecule has 1 saturated carbocycles. The lowest BCUT2D eigenvalue weighted by atomic mass is 10.1. The van der Waals surface area contributed by atoms with Crippen molar-refractivity contribution in [3.05, 3.63) is 30.1 Å². The highest BCUT2D eigenvalue weighted by molar-refractivity contribution is 5.92. The molecule has 1 aromatic heterocycles. The Morgan fingerprint density at radius 3 is 2.95 bits per heavy atom. The van der Waals surface area contributed by atoms with Gasteiger partial charge in [-0.1, -0.05) is 0 Å². The second-order valence-electron chi connectivity index (χ2n) is 5.69. The van der Waals surface area contributed by atoms with Gasteiger partial charge in [-0.2, -0.15) is 0 Å². The number of benzene rings is 1. The first-order valence-corrected chi connectivity index (χ1v) is 7.05. The van der Waals surface area contributed by atoms with E-state index in [1.165, 1.54) is 12.8 Å². The van der Waals surface area contributed by atoms with Crippen LogP contribution in [0.15, 0.2) is 24.5 Å². The Morgan fingerprint density at radius 1 is 1.35 bits per heavy atom. The summed E-state index contributed by atoms with van der Waals surface area (Å²) in [6.45, 7) is 0.804. The minimum absolute atomic E-state index is 0.282. The second-order valence-corrected chi connectivity index (χ2v) is 5.69. The fraction of sp³-hybridized carbons (Fsp3) is 0.467. The van der Waals surface area contributed by atoms with Crippen LogP contribution in [0.2, 0.25) is 0 Å². The van der Waals surface area contributed by atoms with E-state index in [1.807, 2.05) is 12.4 Å². The molecule has 5 nitrogen and oxygen atoms in total. The summed E-state index contributed by atoms with van der Waals surface area (Å²) in [6.07, 6.45) is 5.65. The molecular formula is C15H16N2O3. The first-order chi connectivity index (χ1) is 9.74. The average Bonchev–Trinajstić information content (AvgIpc) is 3.02. The van der Waals surface area contributed by atoms with E-state index >= 15 is 0 Å². The van der Waals surface area contributed by atoms with Gasteiger partial charge in [-0.05, 0) is 43.4 Å². The molecule has 20 heavy (non-hydrogen) atoms. The maximum Gasteiger partial charge on any atom is 0.335 e. The fourth-order valence-electron chi connectivity index (χ4n) is 3.20. The standard InChI is InChI=1S/C15H16N2O3/c18-15(19)10-3-4-12-11(7-10)16-8-17(12)13-5-6-20-14(13)9-1-2-9/h3-4,7-9,13-14H,1-2,5-6H2,(H,18,19). The van der Waals surface area contributed by atoms with Crippen molar-refractivity contribution >= 4 is 17.0 Å². The minimum atomic E-state index is -0.915. The Balaban J connectivity index is 1.74. The number of fused-ring (bicyclic) bond motifs is 1. The molecular weight excluding hydrogens is 256 g/mol. The molecule has 2 aliphatic rings. The van der Waals surface area contributed by atoms with Crippen LogP contribution in [0.25, 0.3) is 11.0 Å². The number of aromatic nitrogens is 2. The van der Waals surface area contributed by atoms with Crippen molar-refractivity contribution in [2.24, 2.45) is 5.92 Å². The highest BCUT2D eigenvalue weighted by Gasteiger charge is 2.41. The van der Waals surface area contributed by atoms with Gasteiger partial charge in [0.1, 0.15) is 0 Å². The molecule has 2 unspecified atom stereocenters. The zero-order valence-corrected chi connectivity index (χ0v) is 11.0. The van der Waals surface area contributed by atoms with Crippen molar-refractivity contribution in [1.82, 2.24) is 9.55 Å². The highest BCUT2D eigenvalue weighted by atomic mass is 16.5. The van der Waals surface area contributed by atoms with Crippen molar-refractivity contribution in [3.63, 3.8) is 0 Å². The molecule has 1 saturated heterocycles. The molecule has 2 heterocycles. The van der Waals surface area contributed by atoms with Crippen LogP contribution in [0, 0.1) is 5.92 Å². The summed E-state index contributed by atoms with van der Waals surface area (Å²) in [4.78, 5) is 15.4. The van der Waals surface area contributed by atoms with Gasteiger partial charge in [0.15, 0.2) is 0 Å². The SMILES string of the molecule is O=C(O)c1ccc2c(c1)ncn2C1CCOC1C1CC1. The molecule has 104 valence electrons. The number of carboxylic acid groups (broad SMARTS) is 1. The van der Waals surface area contributed by atoms with E-state index in [0.717, 1.165) is 24.1 Å². The Morgan fingerprint density at radius 2 is 2.20 bits per heavy atom. The summed E-state index contributed by atoms with van der Waals surface area (Å²) in [6, 6.07) is 5.47. The van der Waals surface area contributed by atoms with Crippen LogP contribution in [-0.4, -0.2) is 33.3 Å². The Labute approximate surface area is 116 Å². The number of rotatable bonds is 3. The predicted molar refractivity (Wildman–Crippen MR) is 72.8 cm³/mol. The summed E-state index contributed by atoms with van der Waals surface area (Å²) in [7, 11) is 0. The topological polar surface area (TPSA) is 64.3 Å². The van der Waals surface area contributed by atoms with Gasteiger partial charge in [-0.3, -0.25) is 0 Å². The number of carboxylic acids is 1. The number of ether oxygens (including phenoxy) is 1. The van der Waals surface area contributed by atoms with Crippen LogP contribution in [-0.2, 0) is 4.74 Å². The molecule has 1 N–H and O–H groups in total. The van der Waals surface area contributed by atoms with Gasteiger partial charge in [0.05, 0.1) is 35.1 Å². The smallest absolute Gasteiger partial charge is 0.335 e. The molecule has 5 heteroatoms. The normalized spacial score (nSPS) is 26.2. The second kappa shape index (κ2) is 4.31. The average molecular weight is 272 g/mol. The van der Waals surface area contributed by atoms with Crippen LogP contribution in [0.1, 0.15) is 35.7 Å². The molecule has 2 atom stereocenters. The number of nitrogens with zero attached hydrogens (tertiary/aromatic N) is 2. The Hall–Kier alpha value is -1.88. The zero-order valence-electron chi connectivity index (χ0n) is 11.0. The molecule has 2 aromatic rings. The van der Waals surface area contributed by atoms with E-state index in [1.54, 1.807) is 12.1 Å². The maximum absolute atomic E-state index is 11.0. The molecule has 1 aliphatic heterocycles. The lowest BCUT2D eigenvalue weighted by molar-refractivity contribution is 0.0697. The summed E-state index contributed by atoms with van der Waals surface area (Å²) in [5.41, 5.74) is 2.02. The van der Waals surface area contributed by atoms with Gasteiger partial charge < -0.3 is 14.4 Å². The highest BCUT2D eigenvalue weighted by Crippen LogP contribution is 2.44. The van der Waals surface area contributed by atoms with Crippen LogP contribution in [0.4, 0.5) is 0 Å². The van der Waals surface area contributed by atoms with Crippen LogP contribution in [0.5, 0.6) is 0 Å². The van der Waals surface area contributed by atoms with E-state index in [-0.39, 0.29) is 5.56 Å². The number of aromatic carboxylic acids is 1. The van der Waals surface area contributed by atoms with E-state index in [0.29, 0.717) is 18.1 Å². The molecule has 1 aromatic carbocycles. The number of carbonyl (C=O) groups is 1. The maximum atomic E-state index is 11.0. The van der Waals surface area contributed by atoms with E-state index in [2.05, 4.69) is 9.55 Å². The van der Waals surface area contributed by atoms with Gasteiger partial charge in [0.2, 0.25) is 0 Å². The number of hydrogen-bond donors (Lipinski definition) is 1. The molecule has 0 radical (unpaired) electrons. The first-order valence-electron chi connectivity index (χ1n) is 7.05. The Bertz CT molecular complexity index is 675. The van der Waals surface area contributed by atoms with Crippen LogP contribution in [0.3, 0.4) is 0 Å². The number of imidazole rings is 1. The molecule has 1 aliphatic carbocycles. The van der Waals surface area contributed by atoms with E-state index in [9.17, 15) is 4.79 Å². The molecule has 0 spiro atoms. The first kappa shape index (κ1) is 11.9. The Kier molecular flexibility index (Phi) is 2.57. The van der Waals surface area contributed by atoms with Gasteiger partial charge in [-0.15, -0.1) is 0 Å². The summed E-state index contributed by atoms with van der Waals surface area (Å²) in [5, 5.41) is 9.03. The van der Waals surface area contributed by atoms with Gasteiger partial charge in [0, 0.05) is 6.61 Å². The van der Waals surface area contributed by atoms with E-state index < -0.39 is 5.97 Å². The molecule has 0 bridgehead atoms. The number of hydrogen-bond acceptors (Lipinski definition) is 3. The van der Waals surface area contributed by atoms with Crippen molar-refractivity contribution in [1.29, 1.82) is 0 Å². The van der Waals surface area contributed by atoms with Gasteiger partial charge >= 0.3 is 5.97 Å². The van der Waals surface area contributed by atoms with Gasteiger partial charge in [0.25, 0.3) is 0 Å². The minimum Gasteiger partial charge on any atom is -0.478 e. The summed E-state index contributed by atoms with van der Waals surface area (Å²) >= 11 is 0. The monoisotopic (exact) mass is 272 g/mol. The third-order valence-electron chi connectivity index (χ3n) is 4.37. The van der Waals surface area contributed by atoms with Crippen molar-refractivity contribution in [3.8, 4) is 0 Å². The third kappa shape index (κ3) is 1.81. The molecule has 0 amide bonds. The third-order valence-corrected chi connectivity index (χ3v) is 4.37. The van der Waals surface area contributed by atoms with Crippen molar-refractivity contribution < 1.29 is 14.6 Å². The summed E-state index contributed by atoms with van der Waals surface area (Å²) in [5.74, 6) is -0.222. The van der Waals surface area contributed by atoms with Crippen LogP contribution >= 0.6 is 0 Å².